The van der Waals surface area contributed by atoms with Crippen molar-refractivity contribution in [3.63, 3.8) is 0 Å². The van der Waals surface area contributed by atoms with E-state index in [0.29, 0.717) is 6.61 Å². The molecule has 1 rings (SSSR count). The minimum Gasteiger partial charge on any atom is -0.497 e. The summed E-state index contributed by atoms with van der Waals surface area (Å²) in [6, 6.07) is 5.54. The summed E-state index contributed by atoms with van der Waals surface area (Å²) in [4.78, 5) is 0. The molecule has 0 aliphatic carbocycles. The van der Waals surface area contributed by atoms with Gasteiger partial charge in [0.1, 0.15) is 11.5 Å². The molecule has 0 heterocycles. The van der Waals surface area contributed by atoms with Crippen molar-refractivity contribution in [3.8, 4) is 11.5 Å². The first-order valence-electron chi connectivity index (χ1n) is 6.76. The lowest BCUT2D eigenvalue weighted by molar-refractivity contribution is 0.0373. The van der Waals surface area contributed by atoms with Crippen LogP contribution in [0.4, 0.5) is 0 Å². The lowest BCUT2D eigenvalue weighted by Gasteiger charge is -2.24. The first kappa shape index (κ1) is 15.8. The van der Waals surface area contributed by atoms with Crippen LogP contribution in [0.25, 0.3) is 0 Å². The van der Waals surface area contributed by atoms with Crippen molar-refractivity contribution in [2.45, 2.75) is 38.8 Å². The van der Waals surface area contributed by atoms with Crippen molar-refractivity contribution in [2.24, 2.45) is 5.73 Å². The Morgan fingerprint density at radius 1 is 1.05 bits per heavy atom. The van der Waals surface area contributed by atoms with E-state index in [-0.39, 0.29) is 12.1 Å². The van der Waals surface area contributed by atoms with Gasteiger partial charge in [0.05, 0.1) is 26.4 Å². The van der Waals surface area contributed by atoms with Gasteiger partial charge < -0.3 is 19.9 Å². The lowest BCUT2D eigenvalue weighted by Crippen LogP contribution is -2.29. The summed E-state index contributed by atoms with van der Waals surface area (Å²) in [6.07, 6.45) is 2.00. The molecule has 108 valence electrons. The highest BCUT2D eigenvalue weighted by Gasteiger charge is 2.20. The molecule has 2 atom stereocenters. The molecule has 4 heteroatoms. The zero-order valence-corrected chi connectivity index (χ0v) is 12.3. The van der Waals surface area contributed by atoms with Crippen LogP contribution >= 0.6 is 0 Å². The number of ether oxygens (including phenoxy) is 3. The molecule has 2 N–H and O–H groups in total. The second kappa shape index (κ2) is 8.02. The monoisotopic (exact) mass is 267 g/mol. The standard InChI is InChI=1S/C15H25NO3/c1-5-7-14(19-6-2)15(16)11-8-12(17-3)10-13(9-11)18-4/h8-10,14-15H,5-7,16H2,1-4H3. The second-order valence-electron chi connectivity index (χ2n) is 4.45. The Labute approximate surface area is 115 Å². The third-order valence-corrected chi connectivity index (χ3v) is 3.11. The summed E-state index contributed by atoms with van der Waals surface area (Å²) < 4.78 is 16.3. The van der Waals surface area contributed by atoms with E-state index in [2.05, 4.69) is 6.92 Å². The highest BCUT2D eigenvalue weighted by molar-refractivity contribution is 5.40. The Morgan fingerprint density at radius 2 is 1.63 bits per heavy atom. The van der Waals surface area contributed by atoms with Gasteiger partial charge in [0.2, 0.25) is 0 Å². The molecule has 4 nitrogen and oxygen atoms in total. The molecular weight excluding hydrogens is 242 g/mol. The van der Waals surface area contributed by atoms with Crippen molar-refractivity contribution < 1.29 is 14.2 Å². The fraction of sp³-hybridized carbons (Fsp3) is 0.600. The fourth-order valence-electron chi connectivity index (χ4n) is 2.10. The van der Waals surface area contributed by atoms with E-state index >= 15 is 0 Å². The molecule has 19 heavy (non-hydrogen) atoms. The highest BCUT2D eigenvalue weighted by Crippen LogP contribution is 2.28. The van der Waals surface area contributed by atoms with Gasteiger partial charge in [0, 0.05) is 12.7 Å². The largest absolute Gasteiger partial charge is 0.497 e. The van der Waals surface area contributed by atoms with E-state index in [1.54, 1.807) is 14.2 Å². The number of hydrogen-bond donors (Lipinski definition) is 1. The van der Waals surface area contributed by atoms with Crippen LogP contribution in [0.15, 0.2) is 18.2 Å². The van der Waals surface area contributed by atoms with Gasteiger partial charge in [-0.1, -0.05) is 13.3 Å². The number of rotatable bonds is 8. The molecule has 0 saturated heterocycles. The Bertz CT molecular complexity index is 353. The van der Waals surface area contributed by atoms with Crippen LogP contribution in [0, 0.1) is 0 Å². The van der Waals surface area contributed by atoms with E-state index in [0.717, 1.165) is 29.9 Å². The maximum atomic E-state index is 6.32. The predicted octanol–water partition coefficient (Wildman–Crippen LogP) is 2.91. The molecule has 0 radical (unpaired) electrons. The van der Waals surface area contributed by atoms with Crippen molar-refractivity contribution in [3.05, 3.63) is 23.8 Å². The summed E-state index contributed by atoms with van der Waals surface area (Å²) in [7, 11) is 3.27. The number of benzene rings is 1. The quantitative estimate of drug-likeness (QED) is 0.787. The molecule has 0 bridgehead atoms. The molecule has 0 amide bonds. The average molecular weight is 267 g/mol. The molecule has 2 unspecified atom stereocenters. The van der Waals surface area contributed by atoms with Gasteiger partial charge >= 0.3 is 0 Å². The Hall–Kier alpha value is -1.26. The molecule has 0 aliphatic heterocycles. The van der Waals surface area contributed by atoms with Crippen molar-refractivity contribution >= 4 is 0 Å². The van der Waals surface area contributed by atoms with Crippen LogP contribution in [-0.2, 0) is 4.74 Å². The number of hydrogen-bond acceptors (Lipinski definition) is 4. The van der Waals surface area contributed by atoms with Crippen LogP contribution in [0.1, 0.15) is 38.3 Å². The van der Waals surface area contributed by atoms with E-state index < -0.39 is 0 Å². The summed E-state index contributed by atoms with van der Waals surface area (Å²) in [6.45, 7) is 4.78. The molecule has 1 aromatic carbocycles. The first-order valence-corrected chi connectivity index (χ1v) is 6.76. The summed E-state index contributed by atoms with van der Waals surface area (Å²) >= 11 is 0. The summed E-state index contributed by atoms with van der Waals surface area (Å²) in [5.74, 6) is 1.49. The molecule has 0 aliphatic rings. The number of methoxy groups -OCH3 is 2. The van der Waals surface area contributed by atoms with E-state index in [1.807, 2.05) is 25.1 Å². The van der Waals surface area contributed by atoms with Gasteiger partial charge in [0.15, 0.2) is 0 Å². The van der Waals surface area contributed by atoms with Crippen LogP contribution in [0.5, 0.6) is 11.5 Å². The zero-order chi connectivity index (χ0) is 14.3. The van der Waals surface area contributed by atoms with Gasteiger partial charge in [0.25, 0.3) is 0 Å². The third kappa shape index (κ3) is 4.40. The van der Waals surface area contributed by atoms with Gasteiger partial charge in [-0.15, -0.1) is 0 Å². The van der Waals surface area contributed by atoms with Crippen LogP contribution in [0.3, 0.4) is 0 Å². The second-order valence-corrected chi connectivity index (χ2v) is 4.45. The van der Waals surface area contributed by atoms with Gasteiger partial charge in [-0.3, -0.25) is 0 Å². The molecular formula is C15H25NO3. The maximum absolute atomic E-state index is 6.32. The molecule has 0 spiro atoms. The SMILES string of the molecule is CCCC(OCC)C(N)c1cc(OC)cc(OC)c1. The van der Waals surface area contributed by atoms with Gasteiger partial charge in [-0.05, 0) is 31.0 Å². The topological polar surface area (TPSA) is 53.7 Å². The molecule has 0 aromatic heterocycles. The molecule has 1 aromatic rings. The van der Waals surface area contributed by atoms with Gasteiger partial charge in [-0.25, -0.2) is 0 Å². The minimum atomic E-state index is -0.177. The van der Waals surface area contributed by atoms with Crippen molar-refractivity contribution in [1.82, 2.24) is 0 Å². The predicted molar refractivity (Wildman–Crippen MR) is 76.8 cm³/mol. The highest BCUT2D eigenvalue weighted by atomic mass is 16.5. The Morgan fingerprint density at radius 3 is 2.05 bits per heavy atom. The molecule has 0 saturated carbocycles. The van der Waals surface area contributed by atoms with Crippen molar-refractivity contribution in [1.29, 1.82) is 0 Å². The summed E-state index contributed by atoms with van der Waals surface area (Å²) in [5.41, 5.74) is 7.30. The normalized spacial score (nSPS) is 13.9. The van der Waals surface area contributed by atoms with E-state index in [1.165, 1.54) is 0 Å². The summed E-state index contributed by atoms with van der Waals surface area (Å²) in [5, 5.41) is 0. The van der Waals surface area contributed by atoms with E-state index in [4.69, 9.17) is 19.9 Å². The van der Waals surface area contributed by atoms with Crippen LogP contribution in [0.2, 0.25) is 0 Å². The molecule has 0 fully saturated rings. The van der Waals surface area contributed by atoms with E-state index in [9.17, 15) is 0 Å². The van der Waals surface area contributed by atoms with Gasteiger partial charge in [-0.2, -0.15) is 0 Å². The minimum absolute atomic E-state index is 0.0202. The third-order valence-electron chi connectivity index (χ3n) is 3.11. The smallest absolute Gasteiger partial charge is 0.122 e. The van der Waals surface area contributed by atoms with Crippen LogP contribution in [-0.4, -0.2) is 26.9 Å². The Balaban J connectivity index is 2.97. The zero-order valence-electron chi connectivity index (χ0n) is 12.3. The van der Waals surface area contributed by atoms with Crippen molar-refractivity contribution in [2.75, 3.05) is 20.8 Å². The average Bonchev–Trinajstić information content (AvgIpc) is 2.45. The lowest BCUT2D eigenvalue weighted by atomic mass is 9.98. The number of nitrogens with two attached hydrogens (primary N) is 1. The first-order chi connectivity index (χ1) is 9.15. The maximum Gasteiger partial charge on any atom is 0.122 e. The fourth-order valence-corrected chi connectivity index (χ4v) is 2.10. The Kier molecular flexibility index (Phi) is 6.67. The van der Waals surface area contributed by atoms with Crippen LogP contribution < -0.4 is 15.2 Å².